The number of hydrogen-bond donors (Lipinski definition) is 2. The Labute approximate surface area is 151 Å². The number of piperazine rings is 1. The molecule has 0 unspecified atom stereocenters. The molecule has 0 bridgehead atoms. The maximum atomic E-state index is 12.1. The van der Waals surface area contributed by atoms with Crippen molar-refractivity contribution in [1.82, 2.24) is 14.9 Å². The molecule has 130 valence electrons. The summed E-state index contributed by atoms with van der Waals surface area (Å²) in [4.78, 5) is 14.1. The minimum absolute atomic E-state index is 0. The highest BCUT2D eigenvalue weighted by Gasteiger charge is 2.23. The molecule has 6 nitrogen and oxygen atoms in total. The van der Waals surface area contributed by atoms with Gasteiger partial charge in [0.1, 0.15) is 0 Å². The van der Waals surface area contributed by atoms with E-state index >= 15 is 0 Å². The number of halogens is 2. The summed E-state index contributed by atoms with van der Waals surface area (Å²) >= 11 is 3.26. The highest BCUT2D eigenvalue weighted by Crippen LogP contribution is 2.14. The normalized spacial score (nSPS) is 18.3. The van der Waals surface area contributed by atoms with Crippen LogP contribution in [0, 0.1) is 0 Å². The van der Waals surface area contributed by atoms with Gasteiger partial charge in [0, 0.05) is 43.1 Å². The third-order valence-electron chi connectivity index (χ3n) is 3.58. The first kappa shape index (κ1) is 20.4. The molecular formula is C14H21BrClN3O3S. The predicted octanol–water partition coefficient (Wildman–Crippen LogP) is 1.36. The number of sulfonamides is 1. The van der Waals surface area contributed by atoms with Crippen molar-refractivity contribution >= 4 is 44.3 Å². The smallest absolute Gasteiger partial charge is 0.240 e. The van der Waals surface area contributed by atoms with Crippen molar-refractivity contribution in [2.45, 2.75) is 24.3 Å². The molecule has 23 heavy (non-hydrogen) atoms. The minimum atomic E-state index is -3.57. The molecule has 1 aliphatic rings. The van der Waals surface area contributed by atoms with E-state index in [1.54, 1.807) is 17.0 Å². The Hall–Kier alpha value is -0.670. The molecular weight excluding hydrogens is 406 g/mol. The number of carbonyl (C=O) groups is 1. The number of rotatable bonds is 5. The predicted molar refractivity (Wildman–Crippen MR) is 95.2 cm³/mol. The summed E-state index contributed by atoms with van der Waals surface area (Å²) in [7, 11) is -3.57. The van der Waals surface area contributed by atoms with Crippen LogP contribution in [-0.2, 0) is 14.8 Å². The maximum Gasteiger partial charge on any atom is 0.240 e. The lowest BCUT2D eigenvalue weighted by Crippen LogP contribution is -2.52. The summed E-state index contributed by atoms with van der Waals surface area (Å²) in [6.07, 6.45) is 0.167. The second kappa shape index (κ2) is 8.98. The molecule has 1 heterocycles. The van der Waals surface area contributed by atoms with Crippen molar-refractivity contribution in [3.05, 3.63) is 28.7 Å². The standard InChI is InChI=1S/C14H20BrN3O3S.ClH/c1-11-10-16-8-9-18(11)14(19)6-7-17-22(20,21)13-4-2-12(15)3-5-13;/h2-5,11,16-17H,6-10H2,1H3;1H/t11-;/m1./s1. The third kappa shape index (κ3) is 5.72. The molecule has 0 radical (unpaired) electrons. The lowest BCUT2D eigenvalue weighted by atomic mass is 10.2. The molecule has 0 spiro atoms. The van der Waals surface area contributed by atoms with Crippen LogP contribution in [0.4, 0.5) is 0 Å². The van der Waals surface area contributed by atoms with Crippen molar-refractivity contribution in [2.75, 3.05) is 26.2 Å². The quantitative estimate of drug-likeness (QED) is 0.745. The van der Waals surface area contributed by atoms with Gasteiger partial charge in [0.25, 0.3) is 0 Å². The zero-order valence-corrected chi connectivity index (χ0v) is 16.0. The maximum absolute atomic E-state index is 12.1. The van der Waals surface area contributed by atoms with E-state index in [0.29, 0.717) is 6.54 Å². The van der Waals surface area contributed by atoms with Gasteiger partial charge in [-0.25, -0.2) is 13.1 Å². The Balaban J connectivity index is 0.00000264. The molecule has 1 amide bonds. The topological polar surface area (TPSA) is 78.5 Å². The first-order chi connectivity index (χ1) is 10.4. The van der Waals surface area contributed by atoms with Gasteiger partial charge in [-0.3, -0.25) is 4.79 Å². The van der Waals surface area contributed by atoms with E-state index in [0.717, 1.165) is 17.6 Å². The Morgan fingerprint density at radius 3 is 2.65 bits per heavy atom. The fourth-order valence-corrected chi connectivity index (χ4v) is 3.64. The zero-order chi connectivity index (χ0) is 16.2. The molecule has 1 aromatic carbocycles. The summed E-state index contributed by atoms with van der Waals surface area (Å²) < 4.78 is 27.5. The van der Waals surface area contributed by atoms with E-state index in [9.17, 15) is 13.2 Å². The van der Waals surface area contributed by atoms with Crippen molar-refractivity contribution < 1.29 is 13.2 Å². The summed E-state index contributed by atoms with van der Waals surface area (Å²) in [5.41, 5.74) is 0. The van der Waals surface area contributed by atoms with Gasteiger partial charge in [0.05, 0.1) is 4.90 Å². The second-order valence-electron chi connectivity index (χ2n) is 5.24. The summed E-state index contributed by atoms with van der Waals surface area (Å²) in [5, 5.41) is 3.22. The van der Waals surface area contributed by atoms with Crippen molar-refractivity contribution in [3.63, 3.8) is 0 Å². The van der Waals surface area contributed by atoms with E-state index < -0.39 is 10.0 Å². The van der Waals surface area contributed by atoms with Gasteiger partial charge in [0.2, 0.25) is 15.9 Å². The Bertz CT molecular complexity index is 625. The van der Waals surface area contributed by atoms with Crippen LogP contribution in [0.25, 0.3) is 0 Å². The number of carbonyl (C=O) groups excluding carboxylic acids is 1. The Morgan fingerprint density at radius 1 is 1.39 bits per heavy atom. The Morgan fingerprint density at radius 2 is 2.04 bits per heavy atom. The van der Waals surface area contributed by atoms with Crippen LogP contribution in [0.5, 0.6) is 0 Å². The van der Waals surface area contributed by atoms with E-state index in [-0.39, 0.29) is 42.2 Å². The number of nitrogens with zero attached hydrogens (tertiary/aromatic N) is 1. The fourth-order valence-electron chi connectivity index (χ4n) is 2.34. The average Bonchev–Trinajstić information content (AvgIpc) is 2.48. The molecule has 1 saturated heterocycles. The van der Waals surface area contributed by atoms with Gasteiger partial charge in [-0.05, 0) is 31.2 Å². The van der Waals surface area contributed by atoms with Gasteiger partial charge in [0.15, 0.2) is 0 Å². The van der Waals surface area contributed by atoms with Crippen LogP contribution in [0.3, 0.4) is 0 Å². The zero-order valence-electron chi connectivity index (χ0n) is 12.8. The van der Waals surface area contributed by atoms with Crippen molar-refractivity contribution in [3.8, 4) is 0 Å². The number of benzene rings is 1. The van der Waals surface area contributed by atoms with E-state index in [1.165, 1.54) is 12.1 Å². The van der Waals surface area contributed by atoms with Gasteiger partial charge in [-0.2, -0.15) is 0 Å². The van der Waals surface area contributed by atoms with Crippen LogP contribution >= 0.6 is 28.3 Å². The molecule has 0 aromatic heterocycles. The second-order valence-corrected chi connectivity index (χ2v) is 7.92. The van der Waals surface area contributed by atoms with Gasteiger partial charge in [-0.1, -0.05) is 15.9 Å². The van der Waals surface area contributed by atoms with Crippen LogP contribution < -0.4 is 10.0 Å². The van der Waals surface area contributed by atoms with E-state index in [2.05, 4.69) is 26.0 Å². The highest BCUT2D eigenvalue weighted by atomic mass is 79.9. The largest absolute Gasteiger partial charge is 0.337 e. The molecule has 9 heteroatoms. The minimum Gasteiger partial charge on any atom is -0.337 e. The lowest BCUT2D eigenvalue weighted by Gasteiger charge is -2.34. The average molecular weight is 427 g/mol. The SMILES string of the molecule is C[C@@H]1CNCCN1C(=O)CCNS(=O)(=O)c1ccc(Br)cc1.Cl. The van der Waals surface area contributed by atoms with Gasteiger partial charge in [-0.15, -0.1) is 12.4 Å². The van der Waals surface area contributed by atoms with Gasteiger partial charge >= 0.3 is 0 Å². The number of nitrogens with one attached hydrogen (secondary N) is 2. The monoisotopic (exact) mass is 425 g/mol. The molecule has 1 aliphatic heterocycles. The molecule has 0 aliphatic carbocycles. The highest BCUT2D eigenvalue weighted by molar-refractivity contribution is 9.10. The molecule has 1 atom stereocenters. The van der Waals surface area contributed by atoms with Crippen LogP contribution in [0.2, 0.25) is 0 Å². The molecule has 1 fully saturated rings. The lowest BCUT2D eigenvalue weighted by molar-refractivity contribution is -0.133. The summed E-state index contributed by atoms with van der Waals surface area (Å²) in [6, 6.07) is 6.52. The van der Waals surface area contributed by atoms with E-state index in [4.69, 9.17) is 0 Å². The van der Waals surface area contributed by atoms with Gasteiger partial charge < -0.3 is 10.2 Å². The van der Waals surface area contributed by atoms with Crippen LogP contribution in [0.1, 0.15) is 13.3 Å². The van der Waals surface area contributed by atoms with Crippen molar-refractivity contribution in [1.29, 1.82) is 0 Å². The Kier molecular flexibility index (Phi) is 7.96. The molecule has 0 saturated carbocycles. The first-order valence-corrected chi connectivity index (χ1v) is 9.43. The first-order valence-electron chi connectivity index (χ1n) is 7.15. The fraction of sp³-hybridized carbons (Fsp3) is 0.500. The molecule has 2 rings (SSSR count). The van der Waals surface area contributed by atoms with E-state index in [1.807, 2.05) is 6.92 Å². The van der Waals surface area contributed by atoms with Crippen LogP contribution in [0.15, 0.2) is 33.6 Å². The van der Waals surface area contributed by atoms with Crippen molar-refractivity contribution in [2.24, 2.45) is 0 Å². The molecule has 1 aromatic rings. The summed E-state index contributed by atoms with van der Waals surface area (Å²) in [6.45, 7) is 4.31. The number of amides is 1. The summed E-state index contributed by atoms with van der Waals surface area (Å²) in [5.74, 6) is -0.0208. The third-order valence-corrected chi connectivity index (χ3v) is 5.58. The molecule has 2 N–H and O–H groups in total. The van der Waals surface area contributed by atoms with Crippen LogP contribution in [-0.4, -0.2) is 51.4 Å². The number of hydrogen-bond acceptors (Lipinski definition) is 4.